The summed E-state index contributed by atoms with van der Waals surface area (Å²) < 4.78 is 29.9. The van der Waals surface area contributed by atoms with Crippen molar-refractivity contribution in [2.24, 2.45) is 0 Å². The van der Waals surface area contributed by atoms with E-state index in [1.807, 2.05) is 6.92 Å². The van der Waals surface area contributed by atoms with Gasteiger partial charge in [0.1, 0.15) is 0 Å². The minimum absolute atomic E-state index is 0.00875. The van der Waals surface area contributed by atoms with Crippen molar-refractivity contribution < 1.29 is 17.9 Å². The molecule has 0 saturated carbocycles. The lowest BCUT2D eigenvalue weighted by molar-refractivity contribution is -0.140. The monoisotopic (exact) mass is 264 g/mol. The number of hydrogen-bond acceptors (Lipinski definition) is 5. The maximum atomic E-state index is 11.9. The minimum Gasteiger partial charge on any atom is -0.469 e. The second kappa shape index (κ2) is 6.32. The lowest BCUT2D eigenvalue weighted by atomic mass is 10.3. The van der Waals surface area contributed by atoms with Gasteiger partial charge in [-0.3, -0.25) is 4.79 Å². The van der Waals surface area contributed by atoms with Crippen LogP contribution in [0.3, 0.4) is 0 Å². The smallest absolute Gasteiger partial charge is 0.305 e. The maximum Gasteiger partial charge on any atom is 0.305 e. The number of hydrogen-bond donors (Lipinski definition) is 1. The van der Waals surface area contributed by atoms with Crippen LogP contribution < -0.4 is 5.32 Å². The van der Waals surface area contributed by atoms with Crippen LogP contribution in [-0.2, 0) is 19.6 Å². The molecule has 100 valence electrons. The first-order valence-electron chi connectivity index (χ1n) is 5.73. The zero-order valence-electron chi connectivity index (χ0n) is 10.3. The molecule has 1 unspecified atom stereocenters. The van der Waals surface area contributed by atoms with Gasteiger partial charge >= 0.3 is 5.97 Å². The van der Waals surface area contributed by atoms with Crippen LogP contribution in [0.15, 0.2) is 0 Å². The molecule has 0 bridgehead atoms. The molecule has 0 radical (unpaired) electrons. The topological polar surface area (TPSA) is 75.7 Å². The summed E-state index contributed by atoms with van der Waals surface area (Å²) in [5.74, 6) is -0.358. The zero-order chi connectivity index (χ0) is 12.9. The highest BCUT2D eigenvalue weighted by atomic mass is 32.2. The normalized spacial score (nSPS) is 22.4. The van der Waals surface area contributed by atoms with E-state index in [-0.39, 0.29) is 24.2 Å². The van der Waals surface area contributed by atoms with E-state index in [9.17, 15) is 13.2 Å². The predicted octanol–water partition coefficient (Wildman–Crippen LogP) is -0.437. The Kier molecular flexibility index (Phi) is 5.35. The average molecular weight is 264 g/mol. The fourth-order valence-corrected chi connectivity index (χ4v) is 3.37. The highest BCUT2D eigenvalue weighted by Crippen LogP contribution is 2.09. The van der Waals surface area contributed by atoms with E-state index in [0.29, 0.717) is 26.1 Å². The minimum atomic E-state index is -3.23. The van der Waals surface area contributed by atoms with Gasteiger partial charge in [-0.1, -0.05) is 0 Å². The van der Waals surface area contributed by atoms with Crippen molar-refractivity contribution in [3.63, 3.8) is 0 Å². The molecule has 6 nitrogen and oxygen atoms in total. The molecule has 0 aromatic heterocycles. The Hall–Kier alpha value is -0.660. The Morgan fingerprint density at radius 1 is 1.53 bits per heavy atom. The van der Waals surface area contributed by atoms with Crippen LogP contribution in [0.1, 0.15) is 19.8 Å². The van der Waals surface area contributed by atoms with Crippen LogP contribution >= 0.6 is 0 Å². The summed E-state index contributed by atoms with van der Waals surface area (Å²) in [5, 5.41) is 3.19. The van der Waals surface area contributed by atoms with Gasteiger partial charge in [-0.15, -0.1) is 0 Å². The molecule has 1 fully saturated rings. The van der Waals surface area contributed by atoms with Crippen LogP contribution in [0.25, 0.3) is 0 Å². The Bertz CT molecular complexity index is 355. The van der Waals surface area contributed by atoms with Crippen molar-refractivity contribution in [2.75, 3.05) is 32.5 Å². The Labute approximate surface area is 102 Å². The number of rotatable bonds is 5. The van der Waals surface area contributed by atoms with Gasteiger partial charge in [0.05, 0.1) is 12.9 Å². The number of nitrogens with one attached hydrogen (secondary N) is 1. The van der Waals surface area contributed by atoms with E-state index in [1.165, 1.54) is 11.4 Å². The van der Waals surface area contributed by atoms with E-state index in [2.05, 4.69) is 10.1 Å². The summed E-state index contributed by atoms with van der Waals surface area (Å²) >= 11 is 0. The maximum absolute atomic E-state index is 11.9. The number of methoxy groups -OCH3 is 1. The summed E-state index contributed by atoms with van der Waals surface area (Å²) in [5.41, 5.74) is 0. The van der Waals surface area contributed by atoms with Crippen molar-refractivity contribution >= 4 is 16.0 Å². The number of nitrogens with zero attached hydrogens (tertiary/aromatic N) is 1. The molecule has 1 N–H and O–H groups in total. The summed E-state index contributed by atoms with van der Waals surface area (Å²) in [6.07, 6.45) is 0.463. The molecule has 1 rings (SSSR count). The van der Waals surface area contributed by atoms with Crippen molar-refractivity contribution in [3.05, 3.63) is 0 Å². The summed E-state index contributed by atoms with van der Waals surface area (Å²) in [4.78, 5) is 10.9. The molecule has 0 spiro atoms. The van der Waals surface area contributed by atoms with Crippen molar-refractivity contribution in [3.8, 4) is 0 Å². The van der Waals surface area contributed by atoms with Crippen LogP contribution in [0, 0.1) is 0 Å². The van der Waals surface area contributed by atoms with E-state index in [4.69, 9.17) is 0 Å². The molecule has 17 heavy (non-hydrogen) atoms. The van der Waals surface area contributed by atoms with Gasteiger partial charge in [0.15, 0.2) is 0 Å². The fraction of sp³-hybridized carbons (Fsp3) is 0.900. The SMILES string of the molecule is COC(=O)CCCS(=O)(=O)N1CCNC(C)C1. The largest absolute Gasteiger partial charge is 0.469 e. The van der Waals surface area contributed by atoms with E-state index >= 15 is 0 Å². The van der Waals surface area contributed by atoms with E-state index in [1.54, 1.807) is 0 Å². The van der Waals surface area contributed by atoms with E-state index in [0.717, 1.165) is 0 Å². The zero-order valence-corrected chi connectivity index (χ0v) is 11.1. The average Bonchev–Trinajstić information content (AvgIpc) is 2.28. The highest BCUT2D eigenvalue weighted by Gasteiger charge is 2.26. The van der Waals surface area contributed by atoms with Crippen molar-refractivity contribution in [1.82, 2.24) is 9.62 Å². The standard InChI is InChI=1S/C10H20N2O4S/c1-9-8-12(6-5-11-9)17(14,15)7-3-4-10(13)16-2/h9,11H,3-8H2,1-2H3. The molecule has 1 aliphatic rings. The molecule has 0 aromatic rings. The molecule has 0 amide bonds. The Morgan fingerprint density at radius 3 is 2.82 bits per heavy atom. The van der Waals surface area contributed by atoms with Gasteiger partial charge in [0, 0.05) is 32.1 Å². The Balaban J connectivity index is 2.42. The molecular weight excluding hydrogens is 244 g/mol. The van der Waals surface area contributed by atoms with Crippen molar-refractivity contribution in [2.45, 2.75) is 25.8 Å². The van der Waals surface area contributed by atoms with E-state index < -0.39 is 10.0 Å². The van der Waals surface area contributed by atoms with Crippen LogP contribution in [0.4, 0.5) is 0 Å². The summed E-state index contributed by atoms with van der Waals surface area (Å²) in [6, 6.07) is 0.180. The highest BCUT2D eigenvalue weighted by molar-refractivity contribution is 7.89. The second-order valence-electron chi connectivity index (χ2n) is 4.21. The quantitative estimate of drug-likeness (QED) is 0.682. The van der Waals surface area contributed by atoms with Gasteiger partial charge in [-0.2, -0.15) is 4.31 Å². The number of esters is 1. The second-order valence-corrected chi connectivity index (χ2v) is 6.30. The third kappa shape index (κ3) is 4.61. The third-order valence-corrected chi connectivity index (χ3v) is 4.66. The molecule has 1 heterocycles. The molecular formula is C10H20N2O4S. The number of carbonyl (C=O) groups excluding carboxylic acids is 1. The lowest BCUT2D eigenvalue weighted by Gasteiger charge is -2.30. The lowest BCUT2D eigenvalue weighted by Crippen LogP contribution is -2.51. The van der Waals surface area contributed by atoms with Gasteiger partial charge in [0.2, 0.25) is 10.0 Å². The molecule has 1 saturated heterocycles. The summed E-state index contributed by atoms with van der Waals surface area (Å²) in [7, 11) is -1.93. The molecule has 7 heteroatoms. The first-order chi connectivity index (χ1) is 7.95. The number of piperazine rings is 1. The Morgan fingerprint density at radius 2 is 2.24 bits per heavy atom. The van der Waals surface area contributed by atoms with Gasteiger partial charge in [-0.05, 0) is 13.3 Å². The molecule has 0 aromatic carbocycles. The summed E-state index contributed by atoms with van der Waals surface area (Å²) in [6.45, 7) is 3.64. The van der Waals surface area contributed by atoms with Crippen LogP contribution in [0.5, 0.6) is 0 Å². The van der Waals surface area contributed by atoms with Crippen LogP contribution in [0.2, 0.25) is 0 Å². The van der Waals surface area contributed by atoms with Gasteiger partial charge < -0.3 is 10.1 Å². The molecule has 1 aliphatic heterocycles. The van der Waals surface area contributed by atoms with Gasteiger partial charge in [-0.25, -0.2) is 8.42 Å². The predicted molar refractivity (Wildman–Crippen MR) is 64.1 cm³/mol. The van der Waals surface area contributed by atoms with Crippen LogP contribution in [-0.4, -0.2) is 57.2 Å². The first kappa shape index (κ1) is 14.4. The number of sulfonamides is 1. The molecule has 1 atom stereocenters. The first-order valence-corrected chi connectivity index (χ1v) is 7.34. The third-order valence-electron chi connectivity index (χ3n) is 2.74. The number of carbonyl (C=O) groups is 1. The van der Waals surface area contributed by atoms with Crippen molar-refractivity contribution in [1.29, 1.82) is 0 Å². The number of ether oxygens (including phenoxy) is 1. The van der Waals surface area contributed by atoms with Gasteiger partial charge in [0.25, 0.3) is 0 Å². The molecule has 0 aliphatic carbocycles. The fourth-order valence-electron chi connectivity index (χ4n) is 1.78.